The zero-order chi connectivity index (χ0) is 14.7. The third-order valence-corrected chi connectivity index (χ3v) is 3.82. The van der Waals surface area contributed by atoms with Crippen molar-refractivity contribution in [3.63, 3.8) is 0 Å². The minimum absolute atomic E-state index is 0.183. The van der Waals surface area contributed by atoms with Crippen LogP contribution in [0, 0.1) is 5.92 Å². The first-order valence-electron chi connectivity index (χ1n) is 7.68. The van der Waals surface area contributed by atoms with Crippen molar-refractivity contribution < 1.29 is 4.79 Å². The maximum atomic E-state index is 11.7. The van der Waals surface area contributed by atoms with Crippen molar-refractivity contribution in [2.75, 3.05) is 26.7 Å². The lowest BCUT2D eigenvalue weighted by Crippen LogP contribution is -2.31. The molecule has 1 amide bonds. The van der Waals surface area contributed by atoms with Gasteiger partial charge in [-0.05, 0) is 59.2 Å². The zero-order valence-corrected chi connectivity index (χ0v) is 13.2. The molecule has 0 saturated heterocycles. The molecule has 0 radical (unpaired) electrons. The van der Waals surface area contributed by atoms with Gasteiger partial charge >= 0.3 is 0 Å². The van der Waals surface area contributed by atoms with Crippen LogP contribution >= 0.6 is 0 Å². The summed E-state index contributed by atoms with van der Waals surface area (Å²) in [6, 6.07) is 0.567. The summed E-state index contributed by atoms with van der Waals surface area (Å²) in [5.41, 5.74) is 5.56. The SMILES string of the molecule is CCC(CCN)CCC(=O)NCCCN(C)C(C)C. The Morgan fingerprint density at radius 1 is 1.32 bits per heavy atom. The lowest BCUT2D eigenvalue weighted by atomic mass is 9.96. The van der Waals surface area contributed by atoms with Gasteiger partial charge in [0.2, 0.25) is 5.91 Å². The molecule has 1 unspecified atom stereocenters. The van der Waals surface area contributed by atoms with Gasteiger partial charge < -0.3 is 16.0 Å². The highest BCUT2D eigenvalue weighted by Gasteiger charge is 2.09. The van der Waals surface area contributed by atoms with Crippen LogP contribution in [-0.2, 0) is 4.79 Å². The Labute approximate surface area is 119 Å². The molecule has 1 atom stereocenters. The van der Waals surface area contributed by atoms with Crippen LogP contribution in [0.3, 0.4) is 0 Å². The van der Waals surface area contributed by atoms with E-state index >= 15 is 0 Å². The molecule has 114 valence electrons. The predicted molar refractivity (Wildman–Crippen MR) is 82.1 cm³/mol. The molecule has 4 heteroatoms. The van der Waals surface area contributed by atoms with E-state index in [0.29, 0.717) is 18.4 Å². The molecule has 0 heterocycles. The molecule has 4 nitrogen and oxygen atoms in total. The minimum Gasteiger partial charge on any atom is -0.356 e. The molecule has 0 bridgehead atoms. The molecule has 0 aromatic heterocycles. The highest BCUT2D eigenvalue weighted by molar-refractivity contribution is 5.75. The zero-order valence-electron chi connectivity index (χ0n) is 13.2. The van der Waals surface area contributed by atoms with E-state index in [1.165, 1.54) is 0 Å². The minimum atomic E-state index is 0.183. The van der Waals surface area contributed by atoms with Gasteiger partial charge in [0.25, 0.3) is 0 Å². The second kappa shape index (κ2) is 11.2. The summed E-state index contributed by atoms with van der Waals surface area (Å²) in [6.07, 6.45) is 4.76. The summed E-state index contributed by atoms with van der Waals surface area (Å²) in [6.45, 7) is 9.07. The lowest BCUT2D eigenvalue weighted by molar-refractivity contribution is -0.121. The molecular formula is C15H33N3O. The standard InChI is InChI=1S/C15H33N3O/c1-5-14(9-10-16)7-8-15(19)17-11-6-12-18(4)13(2)3/h13-14H,5-12,16H2,1-4H3,(H,17,19). The number of amides is 1. The first kappa shape index (κ1) is 18.4. The lowest BCUT2D eigenvalue weighted by Gasteiger charge is -2.20. The first-order chi connectivity index (χ1) is 9.01. The second-order valence-electron chi connectivity index (χ2n) is 5.67. The van der Waals surface area contributed by atoms with Crippen molar-refractivity contribution >= 4 is 5.91 Å². The van der Waals surface area contributed by atoms with Crippen LogP contribution in [0.25, 0.3) is 0 Å². The number of nitrogens with one attached hydrogen (secondary N) is 1. The Hall–Kier alpha value is -0.610. The van der Waals surface area contributed by atoms with Gasteiger partial charge in [-0.25, -0.2) is 0 Å². The van der Waals surface area contributed by atoms with Gasteiger partial charge in [0.15, 0.2) is 0 Å². The van der Waals surface area contributed by atoms with E-state index in [1.54, 1.807) is 0 Å². The second-order valence-corrected chi connectivity index (χ2v) is 5.67. The fourth-order valence-corrected chi connectivity index (χ4v) is 2.03. The topological polar surface area (TPSA) is 58.4 Å². The fourth-order valence-electron chi connectivity index (χ4n) is 2.03. The van der Waals surface area contributed by atoms with Crippen molar-refractivity contribution in [1.82, 2.24) is 10.2 Å². The van der Waals surface area contributed by atoms with Gasteiger partial charge in [0.05, 0.1) is 0 Å². The highest BCUT2D eigenvalue weighted by atomic mass is 16.1. The number of nitrogens with two attached hydrogens (primary N) is 1. The van der Waals surface area contributed by atoms with Crippen LogP contribution in [0.2, 0.25) is 0 Å². The van der Waals surface area contributed by atoms with E-state index in [1.807, 2.05) is 0 Å². The van der Waals surface area contributed by atoms with Crippen molar-refractivity contribution in [2.24, 2.45) is 11.7 Å². The third-order valence-electron chi connectivity index (χ3n) is 3.82. The number of rotatable bonds is 11. The van der Waals surface area contributed by atoms with Gasteiger partial charge in [0, 0.05) is 19.0 Å². The Morgan fingerprint density at radius 3 is 2.53 bits per heavy atom. The average molecular weight is 271 g/mol. The summed E-state index contributed by atoms with van der Waals surface area (Å²) >= 11 is 0. The van der Waals surface area contributed by atoms with Crippen molar-refractivity contribution in [2.45, 2.75) is 58.9 Å². The molecule has 0 rings (SSSR count). The van der Waals surface area contributed by atoms with Gasteiger partial charge in [-0.1, -0.05) is 13.3 Å². The van der Waals surface area contributed by atoms with E-state index in [-0.39, 0.29) is 5.91 Å². The van der Waals surface area contributed by atoms with E-state index in [2.05, 4.69) is 38.0 Å². The molecule has 0 aliphatic rings. The van der Waals surface area contributed by atoms with Crippen molar-refractivity contribution in [3.8, 4) is 0 Å². The third kappa shape index (κ3) is 9.91. The smallest absolute Gasteiger partial charge is 0.220 e. The van der Waals surface area contributed by atoms with Crippen LogP contribution in [0.5, 0.6) is 0 Å². The number of hydrogen-bond acceptors (Lipinski definition) is 3. The molecule has 0 aromatic rings. The van der Waals surface area contributed by atoms with E-state index in [0.717, 1.165) is 45.3 Å². The molecule has 0 saturated carbocycles. The largest absolute Gasteiger partial charge is 0.356 e. The summed E-state index contributed by atoms with van der Waals surface area (Å²) in [7, 11) is 2.12. The molecule has 0 aliphatic heterocycles. The van der Waals surface area contributed by atoms with Crippen LogP contribution in [0.1, 0.15) is 52.9 Å². The average Bonchev–Trinajstić information content (AvgIpc) is 2.39. The molecule has 0 spiro atoms. The fraction of sp³-hybridized carbons (Fsp3) is 0.933. The van der Waals surface area contributed by atoms with E-state index in [9.17, 15) is 4.79 Å². The van der Waals surface area contributed by atoms with Crippen LogP contribution in [0.4, 0.5) is 0 Å². The van der Waals surface area contributed by atoms with Crippen LogP contribution in [-0.4, -0.2) is 43.5 Å². The normalized spacial score (nSPS) is 13.0. The first-order valence-corrected chi connectivity index (χ1v) is 7.68. The predicted octanol–water partition coefficient (Wildman–Crippen LogP) is 1.99. The van der Waals surface area contributed by atoms with Gasteiger partial charge in [-0.15, -0.1) is 0 Å². The van der Waals surface area contributed by atoms with Gasteiger partial charge in [-0.3, -0.25) is 4.79 Å². The van der Waals surface area contributed by atoms with Gasteiger partial charge in [0.1, 0.15) is 0 Å². The Morgan fingerprint density at radius 2 is 2.00 bits per heavy atom. The van der Waals surface area contributed by atoms with Crippen molar-refractivity contribution in [3.05, 3.63) is 0 Å². The molecular weight excluding hydrogens is 238 g/mol. The molecule has 3 N–H and O–H groups in total. The maximum absolute atomic E-state index is 11.7. The Bertz CT molecular complexity index is 231. The van der Waals surface area contributed by atoms with Crippen molar-refractivity contribution in [1.29, 1.82) is 0 Å². The number of hydrogen-bond donors (Lipinski definition) is 2. The quantitative estimate of drug-likeness (QED) is 0.565. The number of carbonyl (C=O) groups excluding carboxylic acids is 1. The summed E-state index contributed by atoms with van der Waals surface area (Å²) in [5, 5.41) is 3.00. The summed E-state index contributed by atoms with van der Waals surface area (Å²) < 4.78 is 0. The summed E-state index contributed by atoms with van der Waals surface area (Å²) in [4.78, 5) is 14.0. The number of carbonyl (C=O) groups is 1. The molecule has 19 heavy (non-hydrogen) atoms. The molecule has 0 fully saturated rings. The monoisotopic (exact) mass is 271 g/mol. The Kier molecular flexibility index (Phi) is 10.9. The van der Waals surface area contributed by atoms with Crippen LogP contribution in [0.15, 0.2) is 0 Å². The maximum Gasteiger partial charge on any atom is 0.220 e. The highest BCUT2D eigenvalue weighted by Crippen LogP contribution is 2.14. The van der Waals surface area contributed by atoms with E-state index in [4.69, 9.17) is 5.73 Å². The Balaban J connectivity index is 3.59. The molecule has 0 aromatic carbocycles. The van der Waals surface area contributed by atoms with Gasteiger partial charge in [-0.2, -0.15) is 0 Å². The molecule has 0 aliphatic carbocycles. The summed E-state index contributed by atoms with van der Waals surface area (Å²) in [5.74, 6) is 0.783. The number of nitrogens with zero attached hydrogens (tertiary/aromatic N) is 1. The van der Waals surface area contributed by atoms with E-state index < -0.39 is 0 Å². The van der Waals surface area contributed by atoms with Crippen LogP contribution < -0.4 is 11.1 Å².